The molecule has 2 fully saturated rings. The van der Waals surface area contributed by atoms with Crippen LogP contribution in [-0.4, -0.2) is 42.2 Å². The summed E-state index contributed by atoms with van der Waals surface area (Å²) >= 11 is 5.33. The van der Waals surface area contributed by atoms with Crippen molar-refractivity contribution >= 4 is 17.3 Å². The summed E-state index contributed by atoms with van der Waals surface area (Å²) < 4.78 is 0. The summed E-state index contributed by atoms with van der Waals surface area (Å²) in [5.74, 6) is 0. The van der Waals surface area contributed by atoms with Crippen LogP contribution in [0.25, 0.3) is 0 Å². The van der Waals surface area contributed by atoms with Gasteiger partial charge in [0.25, 0.3) is 0 Å². The van der Waals surface area contributed by atoms with Crippen molar-refractivity contribution in [3.63, 3.8) is 0 Å². The van der Waals surface area contributed by atoms with Gasteiger partial charge in [-0.1, -0.05) is 12.8 Å². The van der Waals surface area contributed by atoms with Gasteiger partial charge in [-0.2, -0.15) is 0 Å². The molecule has 86 valence electrons. The molecule has 0 bridgehead atoms. The first-order chi connectivity index (χ1) is 7.24. The first-order valence-electron chi connectivity index (χ1n) is 5.99. The molecule has 1 aliphatic carbocycles. The zero-order valence-corrected chi connectivity index (χ0v) is 10.3. The molecule has 2 aliphatic rings. The molecular weight excluding hydrogens is 206 g/mol. The quantitative estimate of drug-likeness (QED) is 0.691. The molecule has 1 unspecified atom stereocenters. The van der Waals surface area contributed by atoms with Crippen LogP contribution in [0.1, 0.15) is 32.1 Å². The average molecular weight is 227 g/mol. The first-order valence-corrected chi connectivity index (χ1v) is 6.40. The number of thiocarbonyl (C=S) groups is 1. The van der Waals surface area contributed by atoms with Crippen LogP contribution in [0, 0.1) is 0 Å². The fourth-order valence-corrected chi connectivity index (χ4v) is 2.87. The highest BCUT2D eigenvalue weighted by molar-refractivity contribution is 7.80. The van der Waals surface area contributed by atoms with E-state index < -0.39 is 0 Å². The van der Waals surface area contributed by atoms with Gasteiger partial charge in [-0.15, -0.1) is 0 Å². The summed E-state index contributed by atoms with van der Waals surface area (Å²) in [5.41, 5.74) is 0. The minimum Gasteiger partial charge on any atom is -0.360 e. The third-order valence-electron chi connectivity index (χ3n) is 3.42. The van der Waals surface area contributed by atoms with Gasteiger partial charge in [-0.05, 0) is 45.1 Å². The molecule has 1 saturated heterocycles. The minimum absolute atomic E-state index is 0.552. The lowest BCUT2D eigenvalue weighted by molar-refractivity contribution is 0.406. The van der Waals surface area contributed by atoms with Gasteiger partial charge in [0.05, 0.1) is 0 Å². The summed E-state index contributed by atoms with van der Waals surface area (Å²) in [6.45, 7) is 2.30. The Bertz CT molecular complexity index is 226. The van der Waals surface area contributed by atoms with E-state index in [1.165, 1.54) is 38.6 Å². The van der Waals surface area contributed by atoms with E-state index in [1.807, 2.05) is 0 Å². The van der Waals surface area contributed by atoms with Crippen molar-refractivity contribution in [2.45, 2.75) is 44.2 Å². The predicted molar refractivity (Wildman–Crippen MR) is 67.0 cm³/mol. The van der Waals surface area contributed by atoms with Crippen LogP contribution < -0.4 is 10.6 Å². The van der Waals surface area contributed by atoms with E-state index in [9.17, 15) is 0 Å². The Balaban J connectivity index is 1.67. The van der Waals surface area contributed by atoms with Crippen molar-refractivity contribution in [3.05, 3.63) is 0 Å². The van der Waals surface area contributed by atoms with E-state index >= 15 is 0 Å². The molecule has 0 amide bonds. The molecule has 0 radical (unpaired) electrons. The number of nitrogens with zero attached hydrogens (tertiary/aromatic N) is 1. The van der Waals surface area contributed by atoms with E-state index in [2.05, 4.69) is 22.6 Å². The highest BCUT2D eigenvalue weighted by atomic mass is 32.1. The third kappa shape index (κ3) is 3.31. The van der Waals surface area contributed by atoms with Crippen molar-refractivity contribution in [2.75, 3.05) is 20.1 Å². The normalized spacial score (nSPS) is 28.2. The van der Waals surface area contributed by atoms with Gasteiger partial charge < -0.3 is 15.5 Å². The van der Waals surface area contributed by atoms with E-state index in [1.54, 1.807) is 0 Å². The largest absolute Gasteiger partial charge is 0.360 e. The molecule has 1 heterocycles. The van der Waals surface area contributed by atoms with Crippen molar-refractivity contribution in [2.24, 2.45) is 0 Å². The van der Waals surface area contributed by atoms with E-state index in [0.29, 0.717) is 12.1 Å². The smallest absolute Gasteiger partial charge is 0.166 e. The molecule has 0 aromatic rings. The highest BCUT2D eigenvalue weighted by Gasteiger charge is 2.21. The maximum absolute atomic E-state index is 5.33. The van der Waals surface area contributed by atoms with Crippen LogP contribution in [0.15, 0.2) is 0 Å². The van der Waals surface area contributed by atoms with Crippen LogP contribution >= 0.6 is 12.2 Å². The minimum atomic E-state index is 0.552. The number of hydrogen-bond donors (Lipinski definition) is 2. The zero-order valence-electron chi connectivity index (χ0n) is 9.46. The van der Waals surface area contributed by atoms with Gasteiger partial charge in [0.15, 0.2) is 5.11 Å². The summed E-state index contributed by atoms with van der Waals surface area (Å²) in [5, 5.41) is 7.70. The van der Waals surface area contributed by atoms with Gasteiger partial charge >= 0.3 is 0 Å². The number of hydrogen-bond acceptors (Lipinski definition) is 2. The topological polar surface area (TPSA) is 27.3 Å². The maximum Gasteiger partial charge on any atom is 0.166 e. The highest BCUT2D eigenvalue weighted by Crippen LogP contribution is 2.17. The summed E-state index contributed by atoms with van der Waals surface area (Å²) in [4.78, 5) is 2.34. The number of rotatable bonds is 2. The van der Waals surface area contributed by atoms with Crippen molar-refractivity contribution in [3.8, 4) is 0 Å². The Labute approximate surface area is 97.6 Å². The predicted octanol–water partition coefficient (Wildman–Crippen LogP) is 1.10. The SMILES string of the molecule is CN1CCC(NC(=S)NC2CCCC2)C1. The van der Waals surface area contributed by atoms with Crippen LogP contribution in [-0.2, 0) is 0 Å². The van der Waals surface area contributed by atoms with Crippen molar-refractivity contribution in [1.82, 2.24) is 15.5 Å². The Morgan fingerprint density at radius 1 is 1.13 bits per heavy atom. The number of nitrogens with one attached hydrogen (secondary N) is 2. The lowest BCUT2D eigenvalue weighted by atomic mass is 10.2. The van der Waals surface area contributed by atoms with Gasteiger partial charge in [0.1, 0.15) is 0 Å². The Morgan fingerprint density at radius 2 is 1.80 bits per heavy atom. The van der Waals surface area contributed by atoms with Crippen LogP contribution in [0.4, 0.5) is 0 Å². The lowest BCUT2D eigenvalue weighted by Gasteiger charge is -2.19. The van der Waals surface area contributed by atoms with E-state index in [0.717, 1.165) is 11.7 Å². The lowest BCUT2D eigenvalue weighted by Crippen LogP contribution is -2.46. The fraction of sp³-hybridized carbons (Fsp3) is 0.909. The maximum atomic E-state index is 5.33. The van der Waals surface area contributed by atoms with E-state index in [4.69, 9.17) is 12.2 Å². The molecule has 1 aliphatic heterocycles. The first kappa shape index (κ1) is 11.1. The van der Waals surface area contributed by atoms with Crippen molar-refractivity contribution < 1.29 is 0 Å². The van der Waals surface area contributed by atoms with Crippen LogP contribution in [0.3, 0.4) is 0 Å². The van der Waals surface area contributed by atoms with E-state index in [-0.39, 0.29) is 0 Å². The molecule has 2 N–H and O–H groups in total. The Morgan fingerprint density at radius 3 is 2.40 bits per heavy atom. The van der Waals surface area contributed by atoms with Crippen molar-refractivity contribution in [1.29, 1.82) is 0 Å². The molecule has 1 atom stereocenters. The van der Waals surface area contributed by atoms with Gasteiger partial charge in [-0.25, -0.2) is 0 Å². The molecule has 1 saturated carbocycles. The monoisotopic (exact) mass is 227 g/mol. The molecule has 15 heavy (non-hydrogen) atoms. The second kappa shape index (κ2) is 5.12. The molecular formula is C11H21N3S. The summed E-state index contributed by atoms with van der Waals surface area (Å²) in [7, 11) is 2.16. The molecule has 0 aromatic carbocycles. The van der Waals surface area contributed by atoms with Gasteiger partial charge in [-0.3, -0.25) is 0 Å². The second-order valence-corrected chi connectivity index (χ2v) is 5.26. The number of likely N-dealkylation sites (N-methyl/N-ethyl adjacent to an activating group) is 1. The van der Waals surface area contributed by atoms with Crippen LogP contribution in [0.2, 0.25) is 0 Å². The standard InChI is InChI=1S/C11H21N3S/c1-14-7-6-10(8-14)13-11(15)12-9-4-2-3-5-9/h9-10H,2-8H2,1H3,(H2,12,13,15). The third-order valence-corrected chi connectivity index (χ3v) is 3.65. The van der Waals surface area contributed by atoms with Crippen LogP contribution in [0.5, 0.6) is 0 Å². The Kier molecular flexibility index (Phi) is 3.81. The molecule has 3 nitrogen and oxygen atoms in total. The zero-order chi connectivity index (χ0) is 10.7. The fourth-order valence-electron chi connectivity index (χ4n) is 2.54. The Hall–Kier alpha value is -0.350. The number of likely N-dealkylation sites (tertiary alicyclic amines) is 1. The van der Waals surface area contributed by atoms with Gasteiger partial charge in [0.2, 0.25) is 0 Å². The van der Waals surface area contributed by atoms with Gasteiger partial charge in [0, 0.05) is 18.6 Å². The molecule has 2 rings (SSSR count). The average Bonchev–Trinajstić information content (AvgIpc) is 2.77. The molecule has 0 spiro atoms. The summed E-state index contributed by atoms with van der Waals surface area (Å²) in [6, 6.07) is 1.18. The summed E-state index contributed by atoms with van der Waals surface area (Å²) in [6.07, 6.45) is 6.49. The molecule has 4 heteroatoms. The second-order valence-electron chi connectivity index (χ2n) is 4.85. The molecule has 0 aromatic heterocycles.